The van der Waals surface area contributed by atoms with Crippen molar-refractivity contribution in [1.82, 2.24) is 35.3 Å². The molecule has 0 radical (unpaired) electrons. The summed E-state index contributed by atoms with van der Waals surface area (Å²) >= 11 is 6.18. The number of imidazole rings is 1. The zero-order valence-electron chi connectivity index (χ0n) is 33.8. The number of halogens is 2. The second kappa shape index (κ2) is 19.6. The number of aryl methyl sites for hydroxylation is 2. The summed E-state index contributed by atoms with van der Waals surface area (Å²) in [4.78, 5) is 85.0. The van der Waals surface area contributed by atoms with Crippen LogP contribution in [0.5, 0.6) is 0 Å². The lowest BCUT2D eigenvalue weighted by atomic mass is 10.00. The quantitative estimate of drug-likeness (QED) is 0.0374. The van der Waals surface area contributed by atoms with Gasteiger partial charge in [-0.1, -0.05) is 67.4 Å². The number of ether oxygens (including phenoxy) is 1. The van der Waals surface area contributed by atoms with Gasteiger partial charge in [0.1, 0.15) is 18.5 Å². The second-order valence-corrected chi connectivity index (χ2v) is 15.2. The number of anilines is 1. The minimum Gasteiger partial charge on any atom is -0.383 e. The topological polar surface area (TPSA) is 200 Å². The first-order valence-electron chi connectivity index (χ1n) is 20.2. The fourth-order valence-electron chi connectivity index (χ4n) is 7.46. The smallest absolute Gasteiger partial charge is 0.277 e. The average Bonchev–Trinajstić information content (AvgIpc) is 3.91. The van der Waals surface area contributed by atoms with E-state index < -0.39 is 23.8 Å². The Bertz CT molecular complexity index is 2680. The molecular formula is C45H44ClFN8O7. The molecule has 1 aliphatic rings. The van der Waals surface area contributed by atoms with E-state index in [4.69, 9.17) is 16.3 Å². The molecule has 0 saturated heterocycles. The number of aromatic nitrogens is 4. The van der Waals surface area contributed by atoms with Gasteiger partial charge >= 0.3 is 0 Å². The van der Waals surface area contributed by atoms with Crippen LogP contribution >= 0.6 is 11.6 Å². The van der Waals surface area contributed by atoms with Gasteiger partial charge in [0.15, 0.2) is 0 Å². The molecule has 1 atom stereocenters. The Morgan fingerprint density at radius 1 is 0.935 bits per heavy atom. The van der Waals surface area contributed by atoms with Crippen LogP contribution in [0, 0.1) is 5.82 Å². The van der Waals surface area contributed by atoms with Gasteiger partial charge in [-0.2, -0.15) is 4.68 Å². The van der Waals surface area contributed by atoms with Gasteiger partial charge in [-0.3, -0.25) is 44.1 Å². The molecule has 2 aromatic heterocycles. The molecule has 7 rings (SSSR count). The highest BCUT2D eigenvalue weighted by molar-refractivity contribution is 6.31. The average molecular weight is 863 g/mol. The van der Waals surface area contributed by atoms with E-state index >= 15 is 0 Å². The molecule has 6 aromatic rings. The number of rotatable bonds is 20. The number of amides is 5. The summed E-state index contributed by atoms with van der Waals surface area (Å²) in [5, 5.41) is 11.7. The monoisotopic (exact) mass is 862 g/mol. The van der Waals surface area contributed by atoms with Crippen molar-refractivity contribution in [2.75, 3.05) is 31.6 Å². The Hall–Kier alpha value is -6.91. The number of carbonyl (C=O) groups excluding carboxylic acids is 5. The second-order valence-electron chi connectivity index (χ2n) is 14.7. The molecule has 0 aliphatic carbocycles. The molecule has 1 aliphatic heterocycles. The van der Waals surface area contributed by atoms with Gasteiger partial charge in [0, 0.05) is 36.0 Å². The fourth-order valence-corrected chi connectivity index (χ4v) is 7.63. The summed E-state index contributed by atoms with van der Waals surface area (Å²) in [6.07, 6.45) is 3.19. The highest BCUT2D eigenvalue weighted by Crippen LogP contribution is 2.32. The standard InChI is InChI=1S/C45H44ClFN8O7/c1-2-5-37(41(58)50-26-56)54-42(59)32-7-3-8-35(39(32)44(54)61)48-21-22-49-38(57)25-62-23-4-6-27-9-14-29(15-10-27)40-33(19-13-28-11-17-31(47)18-12-28)43(60)55(53-40)45-51-34-20-16-30(46)24-36(34)52-45/h3,7-12,14-18,20,24,26,37,48,53H,2,4-6,13,19,21-23,25H2,1H3,(H,49,57)(H,51,52)(H,50,56,58). The molecule has 17 heteroatoms. The first-order valence-corrected chi connectivity index (χ1v) is 20.6. The molecule has 5 N–H and O–H groups in total. The van der Waals surface area contributed by atoms with Crippen molar-refractivity contribution in [3.63, 3.8) is 0 Å². The number of fused-ring (bicyclic) bond motifs is 2. The minimum atomic E-state index is -1.12. The Balaban J connectivity index is 0.893. The van der Waals surface area contributed by atoms with E-state index in [9.17, 15) is 33.2 Å². The first kappa shape index (κ1) is 43.2. The van der Waals surface area contributed by atoms with Crippen molar-refractivity contribution < 1.29 is 33.1 Å². The molecule has 4 aromatic carbocycles. The van der Waals surface area contributed by atoms with Gasteiger partial charge in [0.2, 0.25) is 24.2 Å². The third kappa shape index (κ3) is 9.66. The van der Waals surface area contributed by atoms with E-state index in [2.05, 4.69) is 25.7 Å². The van der Waals surface area contributed by atoms with E-state index in [1.54, 1.807) is 49.4 Å². The Morgan fingerprint density at radius 3 is 2.45 bits per heavy atom. The van der Waals surface area contributed by atoms with Crippen LogP contribution in [0.3, 0.4) is 0 Å². The predicted molar refractivity (Wildman–Crippen MR) is 231 cm³/mol. The number of nitrogens with zero attached hydrogens (tertiary/aromatic N) is 3. The van der Waals surface area contributed by atoms with Gasteiger partial charge in [-0.25, -0.2) is 9.37 Å². The largest absolute Gasteiger partial charge is 0.383 e. The van der Waals surface area contributed by atoms with E-state index in [0.29, 0.717) is 77.7 Å². The molecule has 3 heterocycles. The predicted octanol–water partition coefficient (Wildman–Crippen LogP) is 5.50. The van der Waals surface area contributed by atoms with Gasteiger partial charge in [0.25, 0.3) is 17.4 Å². The van der Waals surface area contributed by atoms with Crippen molar-refractivity contribution in [1.29, 1.82) is 0 Å². The summed E-state index contributed by atoms with van der Waals surface area (Å²) in [5.74, 6) is -2.30. The summed E-state index contributed by atoms with van der Waals surface area (Å²) in [7, 11) is 0. The molecule has 1 unspecified atom stereocenters. The van der Waals surface area contributed by atoms with Crippen LogP contribution < -0.4 is 21.5 Å². The Morgan fingerprint density at radius 2 is 1.69 bits per heavy atom. The van der Waals surface area contributed by atoms with Crippen molar-refractivity contribution >= 4 is 58.4 Å². The van der Waals surface area contributed by atoms with Gasteiger partial charge in [-0.15, -0.1) is 0 Å². The normalized spacial score (nSPS) is 12.7. The van der Waals surface area contributed by atoms with Crippen LogP contribution in [0.25, 0.3) is 28.2 Å². The lowest BCUT2D eigenvalue weighted by Gasteiger charge is -2.24. The Labute approximate surface area is 360 Å². The summed E-state index contributed by atoms with van der Waals surface area (Å²) in [6.45, 7) is 2.45. The number of imide groups is 2. The first-order chi connectivity index (χ1) is 30.1. The number of aromatic amines is 2. The maximum absolute atomic E-state index is 13.9. The van der Waals surface area contributed by atoms with Gasteiger partial charge in [0.05, 0.1) is 27.9 Å². The summed E-state index contributed by atoms with van der Waals surface area (Å²) in [5.41, 5.74) is 5.71. The maximum Gasteiger partial charge on any atom is 0.277 e. The molecule has 320 valence electrons. The summed E-state index contributed by atoms with van der Waals surface area (Å²) < 4.78 is 20.6. The number of benzene rings is 4. The van der Waals surface area contributed by atoms with Gasteiger partial charge in [-0.05, 0) is 91.3 Å². The molecule has 62 heavy (non-hydrogen) atoms. The van der Waals surface area contributed by atoms with Crippen LogP contribution in [-0.2, 0) is 38.4 Å². The zero-order valence-corrected chi connectivity index (χ0v) is 34.5. The van der Waals surface area contributed by atoms with Crippen molar-refractivity contribution in [2.45, 2.75) is 51.5 Å². The third-order valence-corrected chi connectivity index (χ3v) is 10.8. The van der Waals surface area contributed by atoms with Crippen LogP contribution in [0.1, 0.15) is 63.6 Å². The van der Waals surface area contributed by atoms with E-state index in [-0.39, 0.29) is 60.9 Å². The molecule has 0 spiro atoms. The number of hydrogen-bond acceptors (Lipinski definition) is 9. The number of hydrogen-bond donors (Lipinski definition) is 5. The lowest BCUT2D eigenvalue weighted by molar-refractivity contribution is -0.129. The Kier molecular flexibility index (Phi) is 13.7. The summed E-state index contributed by atoms with van der Waals surface area (Å²) in [6, 6.07) is 23.0. The SMILES string of the molecule is CCCC(C(=O)NC=O)N1C(=O)c2cccc(NCCNC(=O)COCCCc3ccc(-c4[nH]n(-c5nc6ccc(Cl)cc6[nH]5)c(=O)c4CCc4ccc(F)cc4)cc3)c2C1=O. The molecular weight excluding hydrogens is 819 g/mol. The van der Waals surface area contributed by atoms with Crippen LogP contribution in [-0.4, -0.2) is 87.0 Å². The van der Waals surface area contributed by atoms with E-state index in [0.717, 1.165) is 21.6 Å². The minimum absolute atomic E-state index is 0.129. The molecule has 0 bridgehead atoms. The van der Waals surface area contributed by atoms with E-state index in [1.807, 2.05) is 29.6 Å². The molecule has 5 amide bonds. The number of nitrogens with one attached hydrogen (secondary N) is 5. The van der Waals surface area contributed by atoms with Crippen molar-refractivity contribution in [3.05, 3.63) is 134 Å². The highest BCUT2D eigenvalue weighted by atomic mass is 35.5. The van der Waals surface area contributed by atoms with Crippen LogP contribution in [0.2, 0.25) is 5.02 Å². The lowest BCUT2D eigenvalue weighted by Crippen LogP contribution is -2.49. The zero-order chi connectivity index (χ0) is 43.8. The molecule has 15 nitrogen and oxygen atoms in total. The van der Waals surface area contributed by atoms with Crippen molar-refractivity contribution in [3.8, 4) is 17.2 Å². The van der Waals surface area contributed by atoms with Crippen LogP contribution in [0.15, 0.2) is 89.7 Å². The maximum atomic E-state index is 13.9. The van der Waals surface area contributed by atoms with Crippen molar-refractivity contribution in [2.24, 2.45) is 0 Å². The number of carbonyl (C=O) groups is 5. The highest BCUT2D eigenvalue weighted by Gasteiger charge is 2.43. The fraction of sp³-hybridized carbons (Fsp3) is 0.267. The molecule has 0 saturated carbocycles. The number of H-pyrrole nitrogens is 2. The van der Waals surface area contributed by atoms with Crippen LogP contribution in [0.4, 0.5) is 10.1 Å². The third-order valence-electron chi connectivity index (χ3n) is 10.5. The van der Waals surface area contributed by atoms with E-state index in [1.165, 1.54) is 22.9 Å². The van der Waals surface area contributed by atoms with Gasteiger partial charge < -0.3 is 20.4 Å². The molecule has 0 fully saturated rings.